The maximum Gasteiger partial charge on any atom is 0.430 e. The van der Waals surface area contributed by atoms with Crippen LogP contribution in [0.1, 0.15) is 57.6 Å². The number of nitrogens with zero attached hydrogens (tertiary/aromatic N) is 3. The summed E-state index contributed by atoms with van der Waals surface area (Å²) in [5.41, 5.74) is -6.84. The molecule has 0 unspecified atom stereocenters. The molecular formula is C25H27F6N3O5S. The highest BCUT2D eigenvalue weighted by Crippen LogP contribution is 2.50. The predicted octanol–water partition coefficient (Wildman–Crippen LogP) is 3.62. The molecule has 1 aromatic carbocycles. The second-order valence-corrected chi connectivity index (χ2v) is 11.2. The van der Waals surface area contributed by atoms with Crippen molar-refractivity contribution in [3.8, 4) is 10.4 Å². The van der Waals surface area contributed by atoms with Crippen molar-refractivity contribution in [3.05, 3.63) is 40.0 Å². The molecule has 0 spiro atoms. The average Bonchev–Trinajstić information content (AvgIpc) is 3.47. The second kappa shape index (κ2) is 10.6. The number of carbonyl (C=O) groups is 2. The smallest absolute Gasteiger partial charge is 0.391 e. The lowest BCUT2D eigenvalue weighted by atomic mass is 9.89. The van der Waals surface area contributed by atoms with Gasteiger partial charge in [-0.3, -0.25) is 9.59 Å². The summed E-state index contributed by atoms with van der Waals surface area (Å²) < 4.78 is 80.6. The number of aromatic nitrogens is 1. The van der Waals surface area contributed by atoms with Crippen LogP contribution in [0.4, 0.5) is 26.3 Å². The van der Waals surface area contributed by atoms with E-state index in [-0.39, 0.29) is 52.3 Å². The molecule has 0 aliphatic carbocycles. The van der Waals surface area contributed by atoms with Crippen molar-refractivity contribution < 1.29 is 51.3 Å². The second-order valence-electron chi connectivity index (χ2n) is 10.2. The predicted molar refractivity (Wildman–Crippen MR) is 131 cm³/mol. The van der Waals surface area contributed by atoms with E-state index in [1.807, 2.05) is 6.92 Å². The minimum Gasteiger partial charge on any atom is -0.391 e. The fraction of sp³-hybridized carbons (Fsp3) is 0.560. The van der Waals surface area contributed by atoms with Crippen LogP contribution < -0.4 is 0 Å². The van der Waals surface area contributed by atoms with Gasteiger partial charge in [0.1, 0.15) is 5.69 Å². The number of likely N-dealkylation sites (tertiary alicyclic amines) is 2. The van der Waals surface area contributed by atoms with Gasteiger partial charge in [0.15, 0.2) is 5.01 Å². The molecule has 8 nitrogen and oxygen atoms in total. The number of aliphatic hydroxyl groups excluding tert-OH is 2. The first kappa shape index (κ1) is 30.2. The van der Waals surface area contributed by atoms with E-state index in [1.165, 1.54) is 11.8 Å². The molecule has 0 saturated carbocycles. The van der Waals surface area contributed by atoms with Crippen molar-refractivity contribution in [1.82, 2.24) is 14.8 Å². The number of rotatable bonds is 4. The molecule has 2 aliphatic rings. The van der Waals surface area contributed by atoms with Gasteiger partial charge >= 0.3 is 12.4 Å². The van der Waals surface area contributed by atoms with E-state index in [0.717, 1.165) is 22.3 Å². The normalized spacial score (nSPS) is 22.6. The van der Waals surface area contributed by atoms with Gasteiger partial charge in [-0.05, 0) is 37.8 Å². The Morgan fingerprint density at radius 3 is 2.12 bits per heavy atom. The first-order chi connectivity index (χ1) is 18.5. The number of thiazole rings is 1. The lowest BCUT2D eigenvalue weighted by Crippen LogP contribution is -2.53. The Kier molecular flexibility index (Phi) is 7.99. The van der Waals surface area contributed by atoms with Crippen LogP contribution in [0.15, 0.2) is 18.2 Å². The van der Waals surface area contributed by atoms with Gasteiger partial charge in [-0.1, -0.05) is 18.2 Å². The standard InChI is InChI=1S/C25H27F6N3O5S/c1-12-8-14(23(39,24(26,27)28)25(29,30)31)5-6-17(12)19-18(21(37)34-7-3-4-13(34)2)32-20(40-19)22(38)33-10-15(35)9-16(36)11-33/h5-6,8,13,15-16,35-36,39H,3-4,7,9-11H2,1-2H3/t13-,15-,16+/m0/s1. The van der Waals surface area contributed by atoms with Gasteiger partial charge in [-0.2, -0.15) is 26.3 Å². The molecular weight excluding hydrogens is 568 g/mol. The number of hydrogen-bond acceptors (Lipinski definition) is 7. The topological polar surface area (TPSA) is 114 Å². The van der Waals surface area contributed by atoms with Crippen LogP contribution in [0.2, 0.25) is 0 Å². The number of alkyl halides is 6. The molecule has 4 rings (SSSR count). The van der Waals surface area contributed by atoms with Gasteiger partial charge in [0.2, 0.25) is 0 Å². The molecule has 2 fully saturated rings. The summed E-state index contributed by atoms with van der Waals surface area (Å²) in [7, 11) is 0. The van der Waals surface area contributed by atoms with Crippen LogP contribution in [0, 0.1) is 6.92 Å². The third-order valence-corrected chi connectivity index (χ3v) is 8.31. The fourth-order valence-corrected chi connectivity index (χ4v) is 6.20. The van der Waals surface area contributed by atoms with E-state index in [9.17, 15) is 51.3 Å². The molecule has 1 aromatic heterocycles. The first-order valence-corrected chi connectivity index (χ1v) is 13.2. The molecule has 2 aliphatic heterocycles. The SMILES string of the molecule is Cc1cc(C(O)(C(F)(F)F)C(F)(F)F)ccc1-c1sc(C(=O)N2C[C@H](O)C[C@H](O)C2)nc1C(=O)N1CCC[C@@H]1C. The molecule has 3 N–H and O–H groups in total. The summed E-state index contributed by atoms with van der Waals surface area (Å²) in [6.45, 7) is 3.23. The van der Waals surface area contributed by atoms with Crippen molar-refractivity contribution in [2.24, 2.45) is 0 Å². The molecule has 15 heteroatoms. The number of amides is 2. The lowest BCUT2D eigenvalue weighted by Gasteiger charge is -2.33. The van der Waals surface area contributed by atoms with Gasteiger partial charge in [0.05, 0.1) is 17.1 Å². The Balaban J connectivity index is 1.81. The Hall–Kier alpha value is -2.75. The van der Waals surface area contributed by atoms with E-state index < -0.39 is 47.5 Å². The van der Waals surface area contributed by atoms with Crippen molar-refractivity contribution in [3.63, 3.8) is 0 Å². The Labute approximate surface area is 228 Å². The number of aliphatic hydroxyl groups is 3. The van der Waals surface area contributed by atoms with Crippen LogP contribution in [0.25, 0.3) is 10.4 Å². The van der Waals surface area contributed by atoms with Crippen LogP contribution in [-0.4, -0.2) is 92.2 Å². The third-order valence-electron chi connectivity index (χ3n) is 7.23. The minimum absolute atomic E-state index is 0.0529. The number of β-amino-alcohol motifs (C(OH)–C–C–N with tert-alkyl or cyclic N) is 2. The average molecular weight is 596 g/mol. The van der Waals surface area contributed by atoms with E-state index in [1.54, 1.807) is 0 Å². The van der Waals surface area contributed by atoms with Gasteiger partial charge in [0.25, 0.3) is 17.4 Å². The molecule has 3 heterocycles. The molecule has 2 aromatic rings. The molecule has 0 radical (unpaired) electrons. The van der Waals surface area contributed by atoms with Crippen molar-refractivity contribution in [2.45, 2.75) is 69.3 Å². The van der Waals surface area contributed by atoms with Gasteiger partial charge in [-0.25, -0.2) is 4.98 Å². The summed E-state index contributed by atoms with van der Waals surface area (Å²) in [5, 5.41) is 29.6. The van der Waals surface area contributed by atoms with Crippen LogP contribution in [-0.2, 0) is 5.60 Å². The monoisotopic (exact) mass is 595 g/mol. The molecule has 2 amide bonds. The summed E-state index contributed by atoms with van der Waals surface area (Å²) in [5.74, 6) is -1.25. The molecule has 0 bridgehead atoms. The zero-order chi connectivity index (χ0) is 29.8. The van der Waals surface area contributed by atoms with Crippen molar-refractivity contribution >= 4 is 23.2 Å². The van der Waals surface area contributed by atoms with E-state index in [0.29, 0.717) is 31.5 Å². The van der Waals surface area contributed by atoms with Gasteiger partial charge in [0, 0.05) is 37.7 Å². The number of halogens is 6. The van der Waals surface area contributed by atoms with Gasteiger partial charge in [-0.15, -0.1) is 11.3 Å². The minimum atomic E-state index is -6.07. The maximum atomic E-state index is 13.5. The maximum absolute atomic E-state index is 13.5. The number of aryl methyl sites for hydroxylation is 1. The Bertz CT molecular complexity index is 1270. The lowest BCUT2D eigenvalue weighted by molar-refractivity contribution is -0.376. The zero-order valence-electron chi connectivity index (χ0n) is 21.4. The number of hydrogen-bond donors (Lipinski definition) is 3. The van der Waals surface area contributed by atoms with E-state index in [2.05, 4.69) is 4.98 Å². The van der Waals surface area contributed by atoms with Crippen molar-refractivity contribution in [1.29, 1.82) is 0 Å². The summed E-state index contributed by atoms with van der Waals surface area (Å²) in [6.07, 6.45) is -12.6. The molecule has 40 heavy (non-hydrogen) atoms. The quantitative estimate of drug-likeness (QED) is 0.466. The van der Waals surface area contributed by atoms with E-state index >= 15 is 0 Å². The number of carbonyl (C=O) groups excluding carboxylic acids is 2. The Morgan fingerprint density at radius 1 is 1.02 bits per heavy atom. The van der Waals surface area contributed by atoms with E-state index in [4.69, 9.17) is 0 Å². The van der Waals surface area contributed by atoms with Crippen LogP contribution >= 0.6 is 11.3 Å². The summed E-state index contributed by atoms with van der Waals surface area (Å²) >= 11 is 0.724. The first-order valence-electron chi connectivity index (χ1n) is 12.4. The third kappa shape index (κ3) is 5.31. The fourth-order valence-electron chi connectivity index (χ4n) is 5.09. The molecule has 3 atom stereocenters. The highest BCUT2D eigenvalue weighted by molar-refractivity contribution is 7.17. The zero-order valence-corrected chi connectivity index (χ0v) is 22.2. The Morgan fingerprint density at radius 2 is 1.62 bits per heavy atom. The van der Waals surface area contributed by atoms with Crippen molar-refractivity contribution in [2.75, 3.05) is 19.6 Å². The largest absolute Gasteiger partial charge is 0.430 e. The van der Waals surface area contributed by atoms with Crippen LogP contribution in [0.3, 0.4) is 0 Å². The summed E-state index contributed by atoms with van der Waals surface area (Å²) in [4.78, 5) is 33.7. The van der Waals surface area contributed by atoms with Gasteiger partial charge < -0.3 is 25.1 Å². The molecule has 2 saturated heterocycles. The summed E-state index contributed by atoms with van der Waals surface area (Å²) in [6, 6.07) is 1.79. The molecule has 220 valence electrons. The van der Waals surface area contributed by atoms with Crippen LogP contribution in [0.5, 0.6) is 0 Å². The number of benzene rings is 1. The highest BCUT2D eigenvalue weighted by Gasteiger charge is 2.71. The number of piperidine rings is 1. The highest BCUT2D eigenvalue weighted by atomic mass is 32.1.